The van der Waals surface area contributed by atoms with Crippen molar-refractivity contribution in [2.24, 2.45) is 0 Å². The van der Waals surface area contributed by atoms with Gasteiger partial charge in [-0.05, 0) is 55.4 Å². The van der Waals surface area contributed by atoms with E-state index in [0.29, 0.717) is 0 Å². The van der Waals surface area contributed by atoms with E-state index in [1.807, 2.05) is 38.1 Å². The Morgan fingerprint density at radius 2 is 1.04 bits per heavy atom. The van der Waals surface area contributed by atoms with E-state index in [4.69, 9.17) is 9.47 Å². The third kappa shape index (κ3) is 5.68. The van der Waals surface area contributed by atoms with Crippen LogP contribution in [0.1, 0.15) is 54.4 Å². The summed E-state index contributed by atoms with van der Waals surface area (Å²) < 4.78 is 9.58. The van der Waals surface area contributed by atoms with Gasteiger partial charge >= 0.3 is 11.9 Å². The van der Waals surface area contributed by atoms with Gasteiger partial charge in [0.15, 0.2) is 0 Å². The molecule has 0 fully saturated rings. The molecule has 0 aromatic heterocycles. The first-order valence-electron chi connectivity index (χ1n) is 9.29. The standard InChI is InChI=1S/C23H28O4/c1-16(22(24)26-3)20-12-8-18(9-13-20)6-5-7-19-10-14-21(15-11-19)17(2)23(25)27-4/h8-17H,5-7H2,1-4H3. The zero-order valence-corrected chi connectivity index (χ0v) is 16.5. The van der Waals surface area contributed by atoms with Crippen LogP contribution >= 0.6 is 0 Å². The molecule has 2 aromatic rings. The highest BCUT2D eigenvalue weighted by Crippen LogP contribution is 2.20. The molecule has 2 unspecified atom stereocenters. The number of aryl methyl sites for hydroxylation is 2. The van der Waals surface area contributed by atoms with Gasteiger partial charge in [-0.3, -0.25) is 9.59 Å². The quantitative estimate of drug-likeness (QED) is 0.648. The van der Waals surface area contributed by atoms with Gasteiger partial charge in [-0.2, -0.15) is 0 Å². The molecule has 0 aliphatic rings. The third-order valence-corrected chi connectivity index (χ3v) is 5.00. The Kier molecular flexibility index (Phi) is 7.59. The van der Waals surface area contributed by atoms with Crippen LogP contribution in [0.15, 0.2) is 48.5 Å². The van der Waals surface area contributed by atoms with Crippen LogP contribution in [-0.2, 0) is 31.9 Å². The number of ether oxygens (including phenoxy) is 2. The topological polar surface area (TPSA) is 52.6 Å². The lowest BCUT2D eigenvalue weighted by Gasteiger charge is -2.11. The van der Waals surface area contributed by atoms with Crippen molar-refractivity contribution in [2.75, 3.05) is 14.2 Å². The van der Waals surface area contributed by atoms with Crippen molar-refractivity contribution in [3.63, 3.8) is 0 Å². The van der Waals surface area contributed by atoms with Crippen molar-refractivity contribution in [3.8, 4) is 0 Å². The molecule has 0 N–H and O–H groups in total. The molecule has 0 saturated heterocycles. The van der Waals surface area contributed by atoms with Crippen LogP contribution in [0.4, 0.5) is 0 Å². The van der Waals surface area contributed by atoms with Gasteiger partial charge in [-0.25, -0.2) is 0 Å². The van der Waals surface area contributed by atoms with E-state index < -0.39 is 0 Å². The summed E-state index contributed by atoms with van der Waals surface area (Å²) in [7, 11) is 2.83. The molecule has 0 amide bonds. The lowest BCUT2D eigenvalue weighted by molar-refractivity contribution is -0.142. The molecule has 144 valence electrons. The van der Waals surface area contributed by atoms with E-state index in [0.717, 1.165) is 30.4 Å². The summed E-state index contributed by atoms with van der Waals surface area (Å²) in [6.45, 7) is 3.71. The Labute approximate surface area is 161 Å². The minimum absolute atomic E-state index is 0.215. The Hall–Kier alpha value is -2.62. The van der Waals surface area contributed by atoms with E-state index in [9.17, 15) is 9.59 Å². The fourth-order valence-electron chi connectivity index (χ4n) is 3.07. The number of hydrogen-bond acceptors (Lipinski definition) is 4. The minimum atomic E-state index is -0.241. The monoisotopic (exact) mass is 368 g/mol. The van der Waals surface area contributed by atoms with E-state index in [-0.39, 0.29) is 23.8 Å². The van der Waals surface area contributed by atoms with Gasteiger partial charge in [0.05, 0.1) is 26.1 Å². The SMILES string of the molecule is COC(=O)C(C)c1ccc(CCCc2ccc(C(C)C(=O)OC)cc2)cc1. The van der Waals surface area contributed by atoms with Crippen molar-refractivity contribution >= 4 is 11.9 Å². The highest BCUT2D eigenvalue weighted by molar-refractivity contribution is 5.78. The van der Waals surface area contributed by atoms with Crippen LogP contribution in [0, 0.1) is 0 Å². The summed E-state index contributed by atoms with van der Waals surface area (Å²) in [5.74, 6) is -0.912. The minimum Gasteiger partial charge on any atom is -0.469 e. The molecule has 2 aromatic carbocycles. The molecule has 0 bridgehead atoms. The Morgan fingerprint density at radius 3 is 1.33 bits per heavy atom. The molecular weight excluding hydrogens is 340 g/mol. The predicted molar refractivity (Wildman–Crippen MR) is 106 cm³/mol. The molecular formula is C23H28O4. The summed E-state index contributed by atoms with van der Waals surface area (Å²) in [5, 5.41) is 0. The van der Waals surface area contributed by atoms with Gasteiger partial charge in [0.25, 0.3) is 0 Å². The van der Waals surface area contributed by atoms with Gasteiger partial charge in [0, 0.05) is 0 Å². The van der Waals surface area contributed by atoms with Gasteiger partial charge in [-0.1, -0.05) is 48.5 Å². The second kappa shape index (κ2) is 9.91. The maximum absolute atomic E-state index is 11.6. The van der Waals surface area contributed by atoms with Crippen LogP contribution < -0.4 is 0 Å². The molecule has 0 spiro atoms. The molecule has 0 heterocycles. The summed E-state index contributed by atoms with van der Waals surface area (Å²) in [6.07, 6.45) is 3.00. The average molecular weight is 368 g/mol. The van der Waals surface area contributed by atoms with Gasteiger partial charge in [-0.15, -0.1) is 0 Å². The van der Waals surface area contributed by atoms with E-state index in [1.165, 1.54) is 25.3 Å². The molecule has 0 radical (unpaired) electrons. The fourth-order valence-corrected chi connectivity index (χ4v) is 3.07. The second-order valence-electron chi connectivity index (χ2n) is 6.83. The smallest absolute Gasteiger partial charge is 0.312 e. The Bertz CT molecular complexity index is 681. The molecule has 0 aliphatic carbocycles. The van der Waals surface area contributed by atoms with Gasteiger partial charge < -0.3 is 9.47 Å². The first-order valence-corrected chi connectivity index (χ1v) is 9.29. The Balaban J connectivity index is 1.85. The molecule has 0 aliphatic heterocycles. The van der Waals surface area contributed by atoms with Crippen LogP contribution in [0.2, 0.25) is 0 Å². The molecule has 4 heteroatoms. The highest BCUT2D eigenvalue weighted by Gasteiger charge is 2.16. The Morgan fingerprint density at radius 1 is 0.704 bits per heavy atom. The zero-order chi connectivity index (χ0) is 19.8. The largest absolute Gasteiger partial charge is 0.469 e. The molecule has 0 saturated carbocycles. The van der Waals surface area contributed by atoms with Crippen molar-refractivity contribution in [1.82, 2.24) is 0 Å². The number of hydrogen-bond donors (Lipinski definition) is 0. The van der Waals surface area contributed by atoms with Gasteiger partial charge in [0.1, 0.15) is 0 Å². The van der Waals surface area contributed by atoms with Crippen molar-refractivity contribution in [1.29, 1.82) is 0 Å². The number of methoxy groups -OCH3 is 2. The number of rotatable bonds is 8. The van der Waals surface area contributed by atoms with Crippen LogP contribution in [0.5, 0.6) is 0 Å². The van der Waals surface area contributed by atoms with E-state index >= 15 is 0 Å². The van der Waals surface area contributed by atoms with Crippen molar-refractivity contribution in [2.45, 2.75) is 44.9 Å². The lowest BCUT2D eigenvalue weighted by atomic mass is 9.96. The summed E-state index contributed by atoms with van der Waals surface area (Å²) in [6, 6.07) is 16.3. The predicted octanol–water partition coefficient (Wildman–Crippen LogP) is 4.41. The van der Waals surface area contributed by atoms with Crippen molar-refractivity contribution < 1.29 is 19.1 Å². The molecule has 2 atom stereocenters. The van der Waals surface area contributed by atoms with E-state index in [2.05, 4.69) is 24.3 Å². The first kappa shape index (κ1) is 20.7. The van der Waals surface area contributed by atoms with Crippen molar-refractivity contribution in [3.05, 3.63) is 70.8 Å². The third-order valence-electron chi connectivity index (χ3n) is 5.00. The zero-order valence-electron chi connectivity index (χ0n) is 16.5. The first-order chi connectivity index (χ1) is 13.0. The van der Waals surface area contributed by atoms with Gasteiger partial charge in [0.2, 0.25) is 0 Å². The lowest BCUT2D eigenvalue weighted by Crippen LogP contribution is -2.10. The normalized spacial score (nSPS) is 12.9. The summed E-state index contributed by atoms with van der Waals surface area (Å²) in [5.41, 5.74) is 4.46. The maximum atomic E-state index is 11.6. The van der Waals surface area contributed by atoms with Crippen LogP contribution in [-0.4, -0.2) is 26.2 Å². The molecule has 2 rings (SSSR count). The second-order valence-corrected chi connectivity index (χ2v) is 6.83. The fraction of sp³-hybridized carbons (Fsp3) is 0.391. The molecule has 27 heavy (non-hydrogen) atoms. The number of carbonyl (C=O) groups is 2. The summed E-state index contributed by atoms with van der Waals surface area (Å²) >= 11 is 0. The summed E-state index contributed by atoms with van der Waals surface area (Å²) in [4.78, 5) is 23.2. The number of esters is 2. The van der Waals surface area contributed by atoms with E-state index in [1.54, 1.807) is 0 Å². The highest BCUT2D eigenvalue weighted by atomic mass is 16.5. The van der Waals surface area contributed by atoms with Crippen LogP contribution in [0.25, 0.3) is 0 Å². The number of benzene rings is 2. The molecule has 4 nitrogen and oxygen atoms in total. The van der Waals surface area contributed by atoms with Crippen LogP contribution in [0.3, 0.4) is 0 Å². The average Bonchev–Trinajstić information content (AvgIpc) is 2.72. The maximum Gasteiger partial charge on any atom is 0.312 e. The number of carbonyl (C=O) groups excluding carboxylic acids is 2.